The molecule has 4 aromatic rings. The Morgan fingerprint density at radius 3 is 2.70 bits per heavy atom. The standard InChI is InChI=1S/C34H36ClN5O4/c1-20(41)15-22-7-11-29(38-17-22)34(43)40-28-6-4-5-26(21(28)2)27-13-14-37-33(32(27)35)23-8-9-24(30(16-23)44-3)18-36-19-25-10-12-31(42)39-25/h4-9,11,13-14,16-17,20,25,36,41H,10,12,15,18-19H2,1-3H3,(H,39,42)(H,40,43)/t20-,25-/m0/s1. The van der Waals surface area contributed by atoms with E-state index in [0.29, 0.717) is 48.1 Å². The quantitative estimate of drug-likeness (QED) is 0.180. The lowest BCUT2D eigenvalue weighted by molar-refractivity contribution is -0.119. The molecule has 0 aliphatic carbocycles. The fraction of sp³-hybridized carbons (Fsp3) is 0.294. The third-order valence-electron chi connectivity index (χ3n) is 7.70. The highest BCUT2D eigenvalue weighted by molar-refractivity contribution is 6.35. The van der Waals surface area contributed by atoms with Crippen LogP contribution in [0.2, 0.25) is 5.02 Å². The third-order valence-corrected chi connectivity index (χ3v) is 8.08. The molecule has 2 aromatic heterocycles. The molecule has 2 atom stereocenters. The summed E-state index contributed by atoms with van der Waals surface area (Å²) in [6, 6.07) is 17.0. The maximum Gasteiger partial charge on any atom is 0.274 e. The molecule has 228 valence electrons. The molecule has 4 N–H and O–H groups in total. The Morgan fingerprint density at radius 2 is 2.00 bits per heavy atom. The Kier molecular flexibility index (Phi) is 9.89. The zero-order valence-electron chi connectivity index (χ0n) is 25.0. The van der Waals surface area contributed by atoms with Crippen molar-refractivity contribution in [3.05, 3.63) is 94.4 Å². The minimum atomic E-state index is -0.482. The number of pyridine rings is 2. The van der Waals surface area contributed by atoms with Crippen molar-refractivity contribution in [2.75, 3.05) is 19.0 Å². The maximum absolute atomic E-state index is 13.0. The van der Waals surface area contributed by atoms with Crippen molar-refractivity contribution in [1.29, 1.82) is 0 Å². The van der Waals surface area contributed by atoms with Gasteiger partial charge in [-0.2, -0.15) is 0 Å². The molecule has 0 spiro atoms. The van der Waals surface area contributed by atoms with Gasteiger partial charge >= 0.3 is 0 Å². The Hall–Kier alpha value is -4.31. The predicted molar refractivity (Wildman–Crippen MR) is 172 cm³/mol. The number of amides is 2. The highest BCUT2D eigenvalue weighted by atomic mass is 35.5. The lowest BCUT2D eigenvalue weighted by Crippen LogP contribution is -2.35. The maximum atomic E-state index is 13.0. The summed E-state index contributed by atoms with van der Waals surface area (Å²) >= 11 is 6.99. The summed E-state index contributed by atoms with van der Waals surface area (Å²) in [6.07, 6.45) is 4.74. The molecule has 44 heavy (non-hydrogen) atoms. The molecule has 3 heterocycles. The van der Waals surface area contributed by atoms with Crippen LogP contribution in [-0.2, 0) is 17.8 Å². The van der Waals surface area contributed by atoms with Gasteiger partial charge in [-0.3, -0.25) is 19.6 Å². The van der Waals surface area contributed by atoms with Gasteiger partial charge in [0.1, 0.15) is 11.4 Å². The molecule has 10 heteroatoms. The number of aromatic nitrogens is 2. The van der Waals surface area contributed by atoms with Crippen molar-refractivity contribution in [3.63, 3.8) is 0 Å². The van der Waals surface area contributed by atoms with E-state index >= 15 is 0 Å². The Labute approximate surface area is 262 Å². The number of hydrogen-bond acceptors (Lipinski definition) is 7. The summed E-state index contributed by atoms with van der Waals surface area (Å²) in [7, 11) is 1.63. The van der Waals surface area contributed by atoms with Gasteiger partial charge in [-0.1, -0.05) is 41.9 Å². The van der Waals surface area contributed by atoms with E-state index in [1.165, 1.54) is 0 Å². The van der Waals surface area contributed by atoms with E-state index in [2.05, 4.69) is 25.9 Å². The van der Waals surface area contributed by atoms with Crippen molar-refractivity contribution >= 4 is 29.1 Å². The fourth-order valence-corrected chi connectivity index (χ4v) is 5.69. The van der Waals surface area contributed by atoms with Crippen LogP contribution in [0.25, 0.3) is 22.4 Å². The monoisotopic (exact) mass is 613 g/mol. The van der Waals surface area contributed by atoms with E-state index in [1.54, 1.807) is 38.6 Å². The zero-order chi connectivity index (χ0) is 31.2. The first-order valence-electron chi connectivity index (χ1n) is 14.6. The molecule has 1 saturated heterocycles. The number of aliphatic hydroxyl groups is 1. The number of nitrogens with one attached hydrogen (secondary N) is 3. The second kappa shape index (κ2) is 14.0. The van der Waals surface area contributed by atoms with Crippen molar-refractivity contribution in [2.24, 2.45) is 0 Å². The number of anilines is 1. The fourth-order valence-electron chi connectivity index (χ4n) is 5.37. The molecular weight excluding hydrogens is 578 g/mol. The molecule has 9 nitrogen and oxygen atoms in total. The van der Waals surface area contributed by atoms with Gasteiger partial charge in [0.2, 0.25) is 5.91 Å². The van der Waals surface area contributed by atoms with Gasteiger partial charge in [-0.25, -0.2) is 0 Å². The first kappa shape index (κ1) is 31.1. The van der Waals surface area contributed by atoms with Gasteiger partial charge in [0.15, 0.2) is 0 Å². The first-order chi connectivity index (χ1) is 21.2. The van der Waals surface area contributed by atoms with Gasteiger partial charge in [0.05, 0.1) is 23.9 Å². The molecule has 0 bridgehead atoms. The molecule has 5 rings (SSSR count). The SMILES string of the molecule is COc1cc(-c2nccc(-c3cccc(NC(=O)c4ccc(C[C@H](C)O)cn4)c3C)c2Cl)ccc1CNC[C@@H]1CCC(=O)N1. The Balaban J connectivity index is 1.34. The molecule has 2 amide bonds. The van der Waals surface area contributed by atoms with Crippen molar-refractivity contribution < 1.29 is 19.4 Å². The number of rotatable bonds is 11. The minimum absolute atomic E-state index is 0.102. The second-order valence-corrected chi connectivity index (χ2v) is 11.4. The number of benzene rings is 2. The van der Waals surface area contributed by atoms with Gasteiger partial charge < -0.3 is 25.8 Å². The summed E-state index contributed by atoms with van der Waals surface area (Å²) in [4.78, 5) is 33.3. The zero-order valence-corrected chi connectivity index (χ0v) is 25.7. The van der Waals surface area contributed by atoms with Crippen LogP contribution in [-0.4, -0.2) is 52.7 Å². The number of nitrogens with zero attached hydrogens (tertiary/aromatic N) is 2. The number of halogens is 1. The van der Waals surface area contributed by atoms with Crippen molar-refractivity contribution in [2.45, 2.75) is 51.8 Å². The topological polar surface area (TPSA) is 125 Å². The molecule has 1 fully saturated rings. The van der Waals surface area contributed by atoms with Crippen LogP contribution < -0.4 is 20.7 Å². The average molecular weight is 614 g/mol. The van der Waals surface area contributed by atoms with E-state index in [-0.39, 0.29) is 23.6 Å². The summed E-state index contributed by atoms with van der Waals surface area (Å²) in [6.45, 7) is 4.93. The summed E-state index contributed by atoms with van der Waals surface area (Å²) < 4.78 is 5.70. The number of methoxy groups -OCH3 is 1. The number of carbonyl (C=O) groups excluding carboxylic acids is 2. The number of ether oxygens (including phenoxy) is 1. The van der Waals surface area contributed by atoms with E-state index in [0.717, 1.165) is 39.8 Å². The van der Waals surface area contributed by atoms with Crippen LogP contribution in [0.3, 0.4) is 0 Å². The lowest BCUT2D eigenvalue weighted by atomic mass is 9.97. The van der Waals surface area contributed by atoms with Gasteiger partial charge in [0, 0.05) is 60.3 Å². The summed E-state index contributed by atoms with van der Waals surface area (Å²) in [5.74, 6) is 0.484. The lowest BCUT2D eigenvalue weighted by Gasteiger charge is -2.16. The summed E-state index contributed by atoms with van der Waals surface area (Å²) in [5.41, 5.74) is 6.70. The molecule has 0 saturated carbocycles. The number of hydrogen-bond donors (Lipinski definition) is 4. The molecular formula is C34H36ClN5O4. The third kappa shape index (κ3) is 7.24. The Morgan fingerprint density at radius 1 is 1.16 bits per heavy atom. The minimum Gasteiger partial charge on any atom is -0.496 e. The van der Waals surface area contributed by atoms with Gasteiger partial charge in [-0.05, 0) is 67.6 Å². The average Bonchev–Trinajstić information content (AvgIpc) is 3.43. The van der Waals surface area contributed by atoms with Gasteiger partial charge in [-0.15, -0.1) is 0 Å². The molecule has 1 aliphatic heterocycles. The van der Waals surface area contributed by atoms with Crippen LogP contribution in [0.5, 0.6) is 5.75 Å². The molecule has 2 aromatic carbocycles. The smallest absolute Gasteiger partial charge is 0.274 e. The van der Waals surface area contributed by atoms with E-state index in [4.69, 9.17) is 16.3 Å². The molecule has 0 radical (unpaired) electrons. The van der Waals surface area contributed by atoms with Crippen LogP contribution in [0.15, 0.2) is 67.0 Å². The van der Waals surface area contributed by atoms with Crippen LogP contribution in [0, 0.1) is 6.92 Å². The predicted octanol–water partition coefficient (Wildman–Crippen LogP) is 5.32. The van der Waals surface area contributed by atoms with E-state index in [1.807, 2.05) is 49.4 Å². The molecule has 1 aliphatic rings. The highest BCUT2D eigenvalue weighted by Gasteiger charge is 2.21. The van der Waals surface area contributed by atoms with Crippen molar-refractivity contribution in [3.8, 4) is 28.1 Å². The largest absolute Gasteiger partial charge is 0.496 e. The van der Waals surface area contributed by atoms with Crippen LogP contribution in [0.1, 0.15) is 46.9 Å². The van der Waals surface area contributed by atoms with E-state index < -0.39 is 6.10 Å². The second-order valence-electron chi connectivity index (χ2n) is 11.0. The van der Waals surface area contributed by atoms with E-state index in [9.17, 15) is 14.7 Å². The normalized spacial score (nSPS) is 15.1. The van der Waals surface area contributed by atoms with Crippen LogP contribution in [0.4, 0.5) is 5.69 Å². The van der Waals surface area contributed by atoms with Crippen molar-refractivity contribution in [1.82, 2.24) is 20.6 Å². The Bertz CT molecular complexity index is 1660. The van der Waals surface area contributed by atoms with Crippen LogP contribution >= 0.6 is 11.6 Å². The van der Waals surface area contributed by atoms with Gasteiger partial charge in [0.25, 0.3) is 5.91 Å². The summed E-state index contributed by atoms with van der Waals surface area (Å²) in [5, 5.41) is 19.4. The first-order valence-corrected chi connectivity index (χ1v) is 15.0. The highest BCUT2D eigenvalue weighted by Crippen LogP contribution is 2.39. The number of aliphatic hydroxyl groups excluding tert-OH is 1. The molecule has 0 unspecified atom stereocenters. The number of carbonyl (C=O) groups is 2.